The monoisotopic (exact) mass is 390 g/mol. The topological polar surface area (TPSA) is 52.0 Å². The standard InChI is InChI=1S/C19H20F6N2/c1-9-11(3)15(26)7-5-13(9)17(18(20,21)22,19(23,24)25)14-6-8-16(27)12(4)10(14)2/h5-8H,26-27H2,1-4H3. The minimum absolute atomic E-state index is 0.125. The van der Waals surface area contributed by atoms with E-state index in [2.05, 4.69) is 0 Å². The first kappa shape index (κ1) is 20.9. The maximum Gasteiger partial charge on any atom is 0.411 e. The van der Waals surface area contributed by atoms with Crippen molar-refractivity contribution in [2.45, 2.75) is 45.5 Å². The number of halogens is 6. The fraction of sp³-hybridized carbons (Fsp3) is 0.368. The molecule has 8 heteroatoms. The van der Waals surface area contributed by atoms with Crippen molar-refractivity contribution in [3.63, 3.8) is 0 Å². The van der Waals surface area contributed by atoms with Crippen LogP contribution in [0.4, 0.5) is 37.7 Å². The molecule has 2 aromatic carbocycles. The summed E-state index contributed by atoms with van der Waals surface area (Å²) in [5, 5.41) is 0. The molecule has 0 atom stereocenters. The van der Waals surface area contributed by atoms with Crippen LogP contribution in [-0.4, -0.2) is 12.4 Å². The van der Waals surface area contributed by atoms with Gasteiger partial charge in [-0.25, -0.2) is 0 Å². The van der Waals surface area contributed by atoms with Gasteiger partial charge in [0.25, 0.3) is 0 Å². The Balaban J connectivity index is 3.13. The fourth-order valence-corrected chi connectivity index (χ4v) is 3.41. The average molecular weight is 390 g/mol. The third-order valence-electron chi connectivity index (χ3n) is 5.32. The quantitative estimate of drug-likeness (QED) is 0.526. The summed E-state index contributed by atoms with van der Waals surface area (Å²) in [7, 11) is 0. The highest BCUT2D eigenvalue weighted by atomic mass is 19.4. The molecule has 0 aliphatic heterocycles. The van der Waals surface area contributed by atoms with Gasteiger partial charge in [-0.1, -0.05) is 12.1 Å². The van der Waals surface area contributed by atoms with E-state index in [9.17, 15) is 26.3 Å². The summed E-state index contributed by atoms with van der Waals surface area (Å²) in [6, 6.07) is 3.76. The van der Waals surface area contributed by atoms with Gasteiger partial charge < -0.3 is 11.5 Å². The molecule has 0 radical (unpaired) electrons. The summed E-state index contributed by atoms with van der Waals surface area (Å²) in [5.74, 6) is 0. The van der Waals surface area contributed by atoms with Crippen LogP contribution in [0.5, 0.6) is 0 Å². The van der Waals surface area contributed by atoms with Crippen LogP contribution < -0.4 is 11.5 Å². The predicted octanol–water partition coefficient (Wildman–Crippen LogP) is 5.50. The molecule has 4 N–H and O–H groups in total. The van der Waals surface area contributed by atoms with Gasteiger partial charge in [-0.05, 0) is 73.2 Å². The zero-order valence-corrected chi connectivity index (χ0v) is 15.2. The molecule has 148 valence electrons. The highest BCUT2D eigenvalue weighted by molar-refractivity contribution is 5.62. The van der Waals surface area contributed by atoms with Crippen molar-refractivity contribution in [2.75, 3.05) is 11.5 Å². The summed E-state index contributed by atoms with van der Waals surface area (Å²) >= 11 is 0. The zero-order chi connectivity index (χ0) is 20.9. The zero-order valence-electron chi connectivity index (χ0n) is 15.2. The Morgan fingerprint density at radius 3 is 1.11 bits per heavy atom. The van der Waals surface area contributed by atoms with Crippen LogP contribution in [0.2, 0.25) is 0 Å². The summed E-state index contributed by atoms with van der Waals surface area (Å²) in [6.07, 6.45) is -11.3. The van der Waals surface area contributed by atoms with Crippen molar-refractivity contribution in [2.24, 2.45) is 0 Å². The lowest BCUT2D eigenvalue weighted by Gasteiger charge is -2.40. The first-order chi connectivity index (χ1) is 12.2. The van der Waals surface area contributed by atoms with Crippen molar-refractivity contribution in [1.82, 2.24) is 0 Å². The van der Waals surface area contributed by atoms with Gasteiger partial charge in [-0.2, -0.15) is 26.3 Å². The molecule has 2 aromatic rings. The molecule has 2 rings (SSSR count). The molecule has 0 saturated heterocycles. The second-order valence-corrected chi connectivity index (χ2v) is 6.65. The molecule has 0 aliphatic rings. The first-order valence-electron chi connectivity index (χ1n) is 8.03. The van der Waals surface area contributed by atoms with Gasteiger partial charge in [-0.3, -0.25) is 0 Å². The van der Waals surface area contributed by atoms with Crippen LogP contribution in [-0.2, 0) is 5.41 Å². The summed E-state index contributed by atoms with van der Waals surface area (Å²) < 4.78 is 85.7. The van der Waals surface area contributed by atoms with Gasteiger partial charge in [0.2, 0.25) is 5.41 Å². The van der Waals surface area contributed by atoms with Crippen LogP contribution >= 0.6 is 0 Å². The molecule has 0 amide bonds. The molecule has 0 heterocycles. The van der Waals surface area contributed by atoms with Gasteiger partial charge in [-0.15, -0.1) is 0 Å². The molecular weight excluding hydrogens is 370 g/mol. The van der Waals surface area contributed by atoms with Crippen molar-refractivity contribution >= 4 is 11.4 Å². The SMILES string of the molecule is Cc1c(N)ccc(C(c2ccc(N)c(C)c2C)(C(F)(F)F)C(F)(F)F)c1C. The number of alkyl halides is 6. The number of nitrogens with two attached hydrogens (primary N) is 2. The number of nitrogen functional groups attached to an aromatic ring is 2. The summed E-state index contributed by atoms with van der Waals surface area (Å²) in [5.41, 5.74) is 5.68. The third kappa shape index (κ3) is 2.91. The molecule has 0 unspecified atom stereocenters. The van der Waals surface area contributed by atoms with E-state index in [0.29, 0.717) is 0 Å². The van der Waals surface area contributed by atoms with Crippen LogP contribution in [0.1, 0.15) is 33.4 Å². The Morgan fingerprint density at radius 2 is 0.852 bits per heavy atom. The number of rotatable bonds is 2. The maximum atomic E-state index is 14.3. The first-order valence-corrected chi connectivity index (χ1v) is 8.03. The van der Waals surface area contributed by atoms with Crippen LogP contribution in [0.15, 0.2) is 24.3 Å². The van der Waals surface area contributed by atoms with E-state index >= 15 is 0 Å². The third-order valence-corrected chi connectivity index (χ3v) is 5.32. The summed E-state index contributed by atoms with van der Waals surface area (Å²) in [6.45, 7) is 5.22. The van der Waals surface area contributed by atoms with Crippen molar-refractivity contribution in [1.29, 1.82) is 0 Å². The number of anilines is 2. The Bertz CT molecular complexity index is 808. The molecular formula is C19H20F6N2. The lowest BCUT2D eigenvalue weighted by atomic mass is 9.68. The van der Waals surface area contributed by atoms with E-state index in [1.165, 1.54) is 27.7 Å². The lowest BCUT2D eigenvalue weighted by molar-refractivity contribution is -0.289. The summed E-state index contributed by atoms with van der Waals surface area (Å²) in [4.78, 5) is 0. The van der Waals surface area contributed by atoms with Gasteiger partial charge in [0.15, 0.2) is 0 Å². The van der Waals surface area contributed by atoms with E-state index in [1.807, 2.05) is 0 Å². The highest BCUT2D eigenvalue weighted by Crippen LogP contribution is 2.58. The van der Waals surface area contributed by atoms with Crippen molar-refractivity contribution < 1.29 is 26.3 Å². The van der Waals surface area contributed by atoms with E-state index in [4.69, 9.17) is 11.5 Å². The molecule has 2 nitrogen and oxygen atoms in total. The van der Waals surface area contributed by atoms with Crippen molar-refractivity contribution in [3.8, 4) is 0 Å². The maximum absolute atomic E-state index is 14.3. The van der Waals surface area contributed by atoms with Crippen LogP contribution in [0.3, 0.4) is 0 Å². The minimum atomic E-state index is -5.65. The number of hydrogen-bond donors (Lipinski definition) is 2. The highest BCUT2D eigenvalue weighted by Gasteiger charge is 2.73. The van der Waals surface area contributed by atoms with Crippen LogP contribution in [0, 0.1) is 27.7 Å². The molecule has 27 heavy (non-hydrogen) atoms. The Labute approximate surface area is 153 Å². The fourth-order valence-electron chi connectivity index (χ4n) is 3.41. The normalized spacial score (nSPS) is 13.1. The molecule has 0 fully saturated rings. The van der Waals surface area contributed by atoms with Gasteiger partial charge in [0.05, 0.1) is 0 Å². The minimum Gasteiger partial charge on any atom is -0.399 e. The molecule has 0 bridgehead atoms. The Morgan fingerprint density at radius 1 is 0.556 bits per heavy atom. The molecule has 0 aliphatic carbocycles. The predicted molar refractivity (Wildman–Crippen MR) is 93.5 cm³/mol. The second-order valence-electron chi connectivity index (χ2n) is 6.65. The van der Waals surface area contributed by atoms with E-state index in [1.54, 1.807) is 0 Å². The Kier molecular flexibility index (Phi) is 4.92. The van der Waals surface area contributed by atoms with Crippen LogP contribution in [0.25, 0.3) is 0 Å². The molecule has 0 saturated carbocycles. The van der Waals surface area contributed by atoms with E-state index in [0.717, 1.165) is 24.3 Å². The smallest absolute Gasteiger partial charge is 0.399 e. The molecule has 0 aromatic heterocycles. The number of benzene rings is 2. The lowest BCUT2D eigenvalue weighted by Crippen LogP contribution is -2.55. The second kappa shape index (κ2) is 6.35. The number of hydrogen-bond acceptors (Lipinski definition) is 2. The van der Waals surface area contributed by atoms with Crippen molar-refractivity contribution in [3.05, 3.63) is 57.6 Å². The van der Waals surface area contributed by atoms with Gasteiger partial charge in [0, 0.05) is 11.4 Å². The Hall–Kier alpha value is -2.38. The van der Waals surface area contributed by atoms with Gasteiger partial charge >= 0.3 is 12.4 Å². The van der Waals surface area contributed by atoms with Gasteiger partial charge in [0.1, 0.15) is 0 Å². The largest absolute Gasteiger partial charge is 0.411 e. The van der Waals surface area contributed by atoms with E-state index < -0.39 is 28.9 Å². The molecule has 0 spiro atoms. The van der Waals surface area contributed by atoms with E-state index in [-0.39, 0.29) is 33.6 Å². The average Bonchev–Trinajstić information content (AvgIpc) is 2.52.